The summed E-state index contributed by atoms with van der Waals surface area (Å²) in [6.07, 6.45) is 0. The van der Waals surface area contributed by atoms with E-state index in [-0.39, 0.29) is 16.9 Å². The van der Waals surface area contributed by atoms with E-state index in [4.69, 9.17) is 11.6 Å². The molecule has 1 amide bonds. The van der Waals surface area contributed by atoms with E-state index in [0.29, 0.717) is 22.6 Å². The molecule has 6 nitrogen and oxygen atoms in total. The Morgan fingerprint density at radius 1 is 1.03 bits per heavy atom. The van der Waals surface area contributed by atoms with Crippen LogP contribution in [0.2, 0.25) is 5.15 Å². The van der Waals surface area contributed by atoms with Crippen LogP contribution in [-0.2, 0) is 6.54 Å². The highest BCUT2D eigenvalue weighted by Crippen LogP contribution is 2.25. The van der Waals surface area contributed by atoms with E-state index in [9.17, 15) is 9.18 Å². The molecule has 1 N–H and O–H groups in total. The molecule has 1 fully saturated rings. The van der Waals surface area contributed by atoms with Gasteiger partial charge in [-0.25, -0.2) is 9.07 Å². The fourth-order valence-corrected chi connectivity index (χ4v) is 4.28. The van der Waals surface area contributed by atoms with Crippen molar-refractivity contribution in [2.24, 2.45) is 0 Å². The van der Waals surface area contributed by atoms with Crippen LogP contribution in [0, 0.1) is 12.7 Å². The number of halogens is 2. The molecule has 0 aliphatic carbocycles. The second-order valence-electron chi connectivity index (χ2n) is 8.00. The summed E-state index contributed by atoms with van der Waals surface area (Å²) in [5.74, 6) is -0.678. The summed E-state index contributed by atoms with van der Waals surface area (Å²) in [6, 6.07) is 13.7. The van der Waals surface area contributed by atoms with Gasteiger partial charge in [0.2, 0.25) is 0 Å². The van der Waals surface area contributed by atoms with Gasteiger partial charge in [-0.05, 0) is 55.4 Å². The Balaban J connectivity index is 1.41. The third kappa shape index (κ3) is 5.01. The van der Waals surface area contributed by atoms with Crippen LogP contribution < -0.4 is 5.32 Å². The van der Waals surface area contributed by atoms with Crippen molar-refractivity contribution in [1.29, 1.82) is 0 Å². The molecule has 1 aliphatic rings. The maximum atomic E-state index is 13.2. The maximum absolute atomic E-state index is 13.2. The fraction of sp³-hybridized carbons (Fsp3) is 0.333. The SMILES string of the molecule is CCN1CCN(Cc2ccc(NC(=O)c3c(C)nn(-c4ccc(F)cc4)c3Cl)cc2)CC1. The molecule has 0 radical (unpaired) electrons. The van der Waals surface area contributed by atoms with E-state index in [1.165, 1.54) is 22.4 Å². The third-order valence-electron chi connectivity index (χ3n) is 5.83. The maximum Gasteiger partial charge on any atom is 0.260 e. The van der Waals surface area contributed by atoms with Crippen molar-refractivity contribution in [1.82, 2.24) is 19.6 Å². The average Bonchev–Trinajstić information content (AvgIpc) is 3.10. The van der Waals surface area contributed by atoms with Crippen molar-refractivity contribution >= 4 is 23.2 Å². The minimum atomic E-state index is -0.349. The number of nitrogens with zero attached hydrogens (tertiary/aromatic N) is 4. The van der Waals surface area contributed by atoms with Gasteiger partial charge in [0.25, 0.3) is 5.91 Å². The van der Waals surface area contributed by atoms with Gasteiger partial charge in [0.05, 0.1) is 11.4 Å². The molecular weight excluding hydrogens is 429 g/mol. The quantitative estimate of drug-likeness (QED) is 0.600. The van der Waals surface area contributed by atoms with Gasteiger partial charge in [-0.1, -0.05) is 30.7 Å². The first kappa shape index (κ1) is 22.5. The zero-order valence-corrected chi connectivity index (χ0v) is 19.1. The van der Waals surface area contributed by atoms with Gasteiger partial charge in [-0.2, -0.15) is 5.10 Å². The molecule has 1 aromatic heterocycles. The van der Waals surface area contributed by atoms with Crippen molar-refractivity contribution in [3.63, 3.8) is 0 Å². The van der Waals surface area contributed by atoms with E-state index in [2.05, 4.69) is 27.1 Å². The van der Waals surface area contributed by atoms with Crippen molar-refractivity contribution in [3.05, 3.63) is 76.3 Å². The van der Waals surface area contributed by atoms with Crippen LogP contribution in [0.25, 0.3) is 5.69 Å². The molecule has 2 heterocycles. The van der Waals surface area contributed by atoms with E-state index >= 15 is 0 Å². The lowest BCUT2D eigenvalue weighted by molar-refractivity contribution is 0.102. The highest BCUT2D eigenvalue weighted by Gasteiger charge is 2.21. The molecule has 8 heteroatoms. The number of carbonyl (C=O) groups is 1. The second-order valence-corrected chi connectivity index (χ2v) is 8.36. The lowest BCUT2D eigenvalue weighted by atomic mass is 10.1. The first-order chi connectivity index (χ1) is 15.4. The van der Waals surface area contributed by atoms with Crippen LogP contribution in [-0.4, -0.2) is 58.2 Å². The monoisotopic (exact) mass is 455 g/mol. The topological polar surface area (TPSA) is 53.4 Å². The van der Waals surface area contributed by atoms with Crippen LogP contribution in [0.1, 0.15) is 28.5 Å². The van der Waals surface area contributed by atoms with Crippen molar-refractivity contribution < 1.29 is 9.18 Å². The van der Waals surface area contributed by atoms with E-state index < -0.39 is 0 Å². The summed E-state index contributed by atoms with van der Waals surface area (Å²) in [6.45, 7) is 10.3. The molecule has 0 saturated carbocycles. The van der Waals surface area contributed by atoms with Crippen molar-refractivity contribution in [3.8, 4) is 5.69 Å². The van der Waals surface area contributed by atoms with Crippen LogP contribution in [0.5, 0.6) is 0 Å². The zero-order chi connectivity index (χ0) is 22.7. The lowest BCUT2D eigenvalue weighted by Gasteiger charge is -2.34. The van der Waals surface area contributed by atoms with E-state index in [0.717, 1.165) is 39.3 Å². The molecule has 32 heavy (non-hydrogen) atoms. The number of rotatable bonds is 6. The van der Waals surface area contributed by atoms with Crippen LogP contribution >= 0.6 is 11.6 Å². The largest absolute Gasteiger partial charge is 0.322 e. The summed E-state index contributed by atoms with van der Waals surface area (Å²) in [5.41, 5.74) is 3.29. The number of hydrogen-bond acceptors (Lipinski definition) is 4. The van der Waals surface area contributed by atoms with Gasteiger partial charge in [0, 0.05) is 38.4 Å². The minimum absolute atomic E-state index is 0.189. The number of aromatic nitrogens is 2. The number of nitrogens with one attached hydrogen (secondary N) is 1. The summed E-state index contributed by atoms with van der Waals surface area (Å²) in [5, 5.41) is 7.45. The Morgan fingerprint density at radius 2 is 1.66 bits per heavy atom. The normalized spacial score (nSPS) is 15.1. The standard InChI is InChI=1S/C24H27ClFN5O/c1-3-29-12-14-30(15-13-29)16-18-4-8-20(9-5-18)27-24(32)22-17(2)28-31(23(22)25)21-10-6-19(26)7-11-21/h4-11H,3,12-16H2,1-2H3,(H,27,32). The number of piperazine rings is 1. The molecule has 1 saturated heterocycles. The predicted octanol–water partition coefficient (Wildman–Crippen LogP) is 4.36. The Labute approximate surface area is 192 Å². The van der Waals surface area contributed by atoms with Crippen molar-refractivity contribution in [2.45, 2.75) is 20.4 Å². The van der Waals surface area contributed by atoms with Crippen LogP contribution in [0.15, 0.2) is 48.5 Å². The van der Waals surface area contributed by atoms with Crippen molar-refractivity contribution in [2.75, 3.05) is 38.0 Å². The highest BCUT2D eigenvalue weighted by molar-refractivity contribution is 6.34. The molecule has 3 aromatic rings. The van der Waals surface area contributed by atoms with Gasteiger partial charge >= 0.3 is 0 Å². The molecule has 1 aliphatic heterocycles. The number of aryl methyl sites for hydroxylation is 1. The third-order valence-corrected chi connectivity index (χ3v) is 6.18. The molecule has 168 valence electrons. The number of amides is 1. The number of carbonyl (C=O) groups excluding carboxylic acids is 1. The van der Waals surface area contributed by atoms with Gasteiger partial charge in [-0.15, -0.1) is 0 Å². The summed E-state index contributed by atoms with van der Waals surface area (Å²) in [7, 11) is 0. The number of likely N-dealkylation sites (N-methyl/N-ethyl adjacent to an activating group) is 1. The molecule has 0 bridgehead atoms. The van der Waals surface area contributed by atoms with Gasteiger partial charge < -0.3 is 10.2 Å². The molecular formula is C24H27ClFN5O. The fourth-order valence-electron chi connectivity index (χ4n) is 3.92. The first-order valence-corrected chi connectivity index (χ1v) is 11.2. The van der Waals surface area contributed by atoms with Gasteiger partial charge in [-0.3, -0.25) is 9.69 Å². The summed E-state index contributed by atoms with van der Waals surface area (Å²) >= 11 is 6.46. The summed E-state index contributed by atoms with van der Waals surface area (Å²) in [4.78, 5) is 17.8. The number of hydrogen-bond donors (Lipinski definition) is 1. The molecule has 4 rings (SSSR count). The minimum Gasteiger partial charge on any atom is -0.322 e. The molecule has 2 aromatic carbocycles. The van der Waals surface area contributed by atoms with Gasteiger partial charge in [0.15, 0.2) is 0 Å². The van der Waals surface area contributed by atoms with Crippen LogP contribution in [0.4, 0.5) is 10.1 Å². The van der Waals surface area contributed by atoms with E-state index in [1.54, 1.807) is 19.1 Å². The Morgan fingerprint density at radius 3 is 2.28 bits per heavy atom. The summed E-state index contributed by atoms with van der Waals surface area (Å²) < 4.78 is 14.7. The van der Waals surface area contributed by atoms with E-state index in [1.807, 2.05) is 24.3 Å². The Hall–Kier alpha value is -2.74. The molecule has 0 unspecified atom stereocenters. The smallest absolute Gasteiger partial charge is 0.260 e. The number of anilines is 1. The average molecular weight is 456 g/mol. The number of benzene rings is 2. The zero-order valence-electron chi connectivity index (χ0n) is 18.3. The highest BCUT2D eigenvalue weighted by atomic mass is 35.5. The Bertz CT molecular complexity index is 1070. The molecule has 0 atom stereocenters. The first-order valence-electron chi connectivity index (χ1n) is 10.8. The Kier molecular flexibility index (Phi) is 6.89. The van der Waals surface area contributed by atoms with Crippen LogP contribution in [0.3, 0.4) is 0 Å². The lowest BCUT2D eigenvalue weighted by Crippen LogP contribution is -2.45. The molecule has 0 spiro atoms. The predicted molar refractivity (Wildman–Crippen MR) is 125 cm³/mol. The van der Waals surface area contributed by atoms with Gasteiger partial charge in [0.1, 0.15) is 16.5 Å². The second kappa shape index (κ2) is 9.81.